The molecule has 1 rings (SSSR count). The molecular weight excluding hydrogens is 293 g/mol. The molecule has 2 N–H and O–H groups in total. The fourth-order valence-electron chi connectivity index (χ4n) is 1.04. The van der Waals surface area contributed by atoms with E-state index >= 15 is 0 Å². The predicted octanol–water partition coefficient (Wildman–Crippen LogP) is 2.71. The Morgan fingerprint density at radius 3 is 2.86 bits per heavy atom. The van der Waals surface area contributed by atoms with Crippen LogP contribution in [0.25, 0.3) is 0 Å². The molecule has 0 unspecified atom stereocenters. The van der Waals surface area contributed by atoms with E-state index in [4.69, 9.17) is 5.11 Å². The van der Waals surface area contributed by atoms with Crippen LogP contribution in [0.15, 0.2) is 24.3 Å². The molecule has 0 saturated heterocycles. The molecule has 14 heavy (non-hydrogen) atoms. The van der Waals surface area contributed by atoms with E-state index in [2.05, 4.69) is 15.2 Å². The van der Waals surface area contributed by atoms with Gasteiger partial charge in [0.25, 0.3) is 0 Å². The number of para-hydroxylation sites is 1. The molecule has 0 aromatic heterocycles. The molecule has 1 amide bonds. The van der Waals surface area contributed by atoms with Gasteiger partial charge in [0.05, 0.1) is 0 Å². The van der Waals surface area contributed by atoms with Crippen LogP contribution in [0.5, 0.6) is 0 Å². The van der Waals surface area contributed by atoms with Gasteiger partial charge in [-0.05, 0) is 15.6 Å². The van der Waals surface area contributed by atoms with Crippen molar-refractivity contribution in [3.05, 3.63) is 29.8 Å². The van der Waals surface area contributed by atoms with Gasteiger partial charge in [0.1, 0.15) is 0 Å². The summed E-state index contributed by atoms with van der Waals surface area (Å²) < 4.78 is 2.74. The zero-order chi connectivity index (χ0) is 10.4. The van der Waals surface area contributed by atoms with Crippen molar-refractivity contribution in [3.63, 3.8) is 0 Å². The highest BCUT2D eigenvalue weighted by Crippen LogP contribution is 2.14. The Morgan fingerprint density at radius 1 is 1.50 bits per heavy atom. The average Bonchev–Trinajstić information content (AvgIpc) is 2.16. The first-order chi connectivity index (χ1) is 6.74. The van der Waals surface area contributed by atoms with Crippen molar-refractivity contribution < 1.29 is 9.90 Å². The lowest BCUT2D eigenvalue weighted by Crippen LogP contribution is -2.08. The van der Waals surface area contributed by atoms with Gasteiger partial charge in [-0.1, -0.05) is 24.1 Å². The van der Waals surface area contributed by atoms with Gasteiger partial charge in [0, 0.05) is 34.7 Å². The molecule has 0 aliphatic rings. The zero-order valence-corrected chi connectivity index (χ0v) is 9.41. The summed E-state index contributed by atoms with van der Waals surface area (Å²) in [5.41, 5.74) is 1.48. The number of carbonyl (C=O) groups is 1. The summed E-state index contributed by atoms with van der Waals surface area (Å²) in [7, 11) is 0. The second kappa shape index (κ2) is 5.50. The number of rotatable bonds is 2. The summed E-state index contributed by atoms with van der Waals surface area (Å²) in [4.78, 5) is 10.4. The van der Waals surface area contributed by atoms with Crippen LogP contribution in [0.1, 0.15) is 5.56 Å². The van der Waals surface area contributed by atoms with E-state index in [1.165, 1.54) is 0 Å². The molecule has 0 aliphatic heterocycles. The van der Waals surface area contributed by atoms with E-state index in [-0.39, 0.29) is 0 Å². The van der Waals surface area contributed by atoms with Crippen molar-refractivity contribution in [2.75, 3.05) is 5.32 Å². The van der Waals surface area contributed by atoms with E-state index in [0.29, 0.717) is 12.1 Å². The van der Waals surface area contributed by atoms with Crippen LogP contribution in [-0.4, -0.2) is 11.2 Å². The maximum Gasteiger partial charge on any atom is 0.409 e. The van der Waals surface area contributed by atoms with Gasteiger partial charge in [-0.25, -0.2) is 4.79 Å². The van der Waals surface area contributed by atoms with Gasteiger partial charge < -0.3 is 5.11 Å². The van der Waals surface area contributed by atoms with Crippen molar-refractivity contribution in [1.29, 1.82) is 0 Å². The van der Waals surface area contributed by atoms with Gasteiger partial charge in [0.2, 0.25) is 0 Å². The lowest BCUT2D eigenvalue weighted by molar-refractivity contribution is 0.209. The first-order valence-corrected chi connectivity index (χ1v) is 4.98. The first kappa shape index (κ1) is 10.9. The van der Waals surface area contributed by atoms with Gasteiger partial charge in [-0.2, -0.15) is 0 Å². The molecule has 0 atom stereocenters. The Balaban J connectivity index is 2.88. The van der Waals surface area contributed by atoms with E-state index in [1.807, 2.05) is 34.7 Å². The van der Waals surface area contributed by atoms with E-state index in [9.17, 15) is 4.79 Å². The molecule has 0 spiro atoms. The van der Waals surface area contributed by atoms with Crippen molar-refractivity contribution in [3.8, 4) is 9.85 Å². The van der Waals surface area contributed by atoms with Crippen LogP contribution in [0, 0.1) is 9.85 Å². The number of carboxylic acid groups (broad SMARTS) is 1. The summed E-state index contributed by atoms with van der Waals surface area (Å²) >= 11 is 1.95. The molecule has 0 bridgehead atoms. The minimum Gasteiger partial charge on any atom is -0.465 e. The number of anilines is 1. The second-order valence-corrected chi connectivity index (χ2v) is 3.07. The predicted molar refractivity (Wildman–Crippen MR) is 63.6 cm³/mol. The maximum absolute atomic E-state index is 10.4. The monoisotopic (exact) mass is 301 g/mol. The fourth-order valence-corrected chi connectivity index (χ4v) is 1.23. The maximum atomic E-state index is 10.4. The normalized spacial score (nSPS) is 8.64. The van der Waals surface area contributed by atoms with Crippen LogP contribution < -0.4 is 5.32 Å². The topological polar surface area (TPSA) is 49.3 Å². The molecule has 1 aromatic rings. The lowest BCUT2D eigenvalue weighted by atomic mass is 10.1. The Labute approximate surface area is 95.7 Å². The largest absolute Gasteiger partial charge is 0.465 e. The van der Waals surface area contributed by atoms with Crippen molar-refractivity contribution >= 4 is 34.4 Å². The quantitative estimate of drug-likeness (QED) is 0.652. The Morgan fingerprint density at radius 2 is 2.21 bits per heavy atom. The highest BCUT2D eigenvalue weighted by Gasteiger charge is 2.02. The number of nitrogens with one attached hydrogen (secondary N) is 1. The SMILES string of the molecule is O=C(O)Nc1ccccc1CC#CI. The van der Waals surface area contributed by atoms with E-state index in [0.717, 1.165) is 5.56 Å². The standard InChI is InChI=1S/C10H8INO2/c11-7-3-5-8-4-1-2-6-9(8)12-10(13)14/h1-2,4,6,12H,5H2,(H,13,14). The summed E-state index contributed by atoms with van der Waals surface area (Å²) in [6, 6.07) is 7.22. The molecule has 72 valence electrons. The van der Waals surface area contributed by atoms with Crippen LogP contribution in [0.2, 0.25) is 0 Å². The molecule has 4 heteroatoms. The molecule has 3 nitrogen and oxygen atoms in total. The van der Waals surface area contributed by atoms with Gasteiger partial charge in [0.15, 0.2) is 0 Å². The summed E-state index contributed by atoms with van der Waals surface area (Å²) in [5, 5.41) is 10.9. The average molecular weight is 301 g/mol. The van der Waals surface area contributed by atoms with Crippen molar-refractivity contribution in [2.24, 2.45) is 0 Å². The zero-order valence-electron chi connectivity index (χ0n) is 7.25. The van der Waals surface area contributed by atoms with Crippen LogP contribution >= 0.6 is 22.6 Å². The molecule has 0 heterocycles. The van der Waals surface area contributed by atoms with Crippen molar-refractivity contribution in [1.82, 2.24) is 0 Å². The third-order valence-electron chi connectivity index (χ3n) is 1.60. The van der Waals surface area contributed by atoms with Crippen molar-refractivity contribution in [2.45, 2.75) is 6.42 Å². The Bertz CT molecular complexity index is 393. The molecular formula is C10H8INO2. The number of amides is 1. The molecule has 0 fully saturated rings. The number of hydrogen-bond acceptors (Lipinski definition) is 1. The molecule has 0 saturated carbocycles. The highest BCUT2D eigenvalue weighted by molar-refractivity contribution is 14.1. The van der Waals surface area contributed by atoms with Gasteiger partial charge in [-0.3, -0.25) is 5.32 Å². The number of halogens is 1. The van der Waals surface area contributed by atoms with Gasteiger partial charge >= 0.3 is 6.09 Å². The smallest absolute Gasteiger partial charge is 0.409 e. The first-order valence-electron chi connectivity index (χ1n) is 3.90. The lowest BCUT2D eigenvalue weighted by Gasteiger charge is -2.05. The van der Waals surface area contributed by atoms with Crippen LogP contribution in [-0.2, 0) is 6.42 Å². The Hall–Kier alpha value is -1.22. The third-order valence-corrected chi connectivity index (χ3v) is 1.99. The molecule has 1 aromatic carbocycles. The number of benzene rings is 1. The van der Waals surface area contributed by atoms with Crippen LogP contribution in [0.4, 0.5) is 10.5 Å². The highest BCUT2D eigenvalue weighted by atomic mass is 127. The van der Waals surface area contributed by atoms with E-state index in [1.54, 1.807) is 12.1 Å². The third kappa shape index (κ3) is 3.26. The minimum atomic E-state index is -1.06. The van der Waals surface area contributed by atoms with Crippen LogP contribution in [0.3, 0.4) is 0 Å². The summed E-state index contributed by atoms with van der Waals surface area (Å²) in [5.74, 6) is 2.88. The number of hydrogen-bond donors (Lipinski definition) is 2. The van der Waals surface area contributed by atoms with Gasteiger partial charge in [-0.15, -0.1) is 0 Å². The summed E-state index contributed by atoms with van der Waals surface area (Å²) in [6.07, 6.45) is -0.501. The molecule has 0 aliphatic carbocycles. The summed E-state index contributed by atoms with van der Waals surface area (Å²) in [6.45, 7) is 0. The van der Waals surface area contributed by atoms with E-state index < -0.39 is 6.09 Å². The molecule has 0 radical (unpaired) electrons. The Kier molecular flexibility index (Phi) is 4.26. The fraction of sp³-hybridized carbons (Fsp3) is 0.100. The second-order valence-electron chi connectivity index (χ2n) is 2.54. The minimum absolute atomic E-state index is 0.555.